The van der Waals surface area contributed by atoms with E-state index in [1.165, 1.54) is 12.3 Å². The highest BCUT2D eigenvalue weighted by Gasteiger charge is 2.12. The molecular formula is C11H9BrCl2N4O2. The van der Waals surface area contributed by atoms with E-state index < -0.39 is 4.92 Å². The molecule has 1 N–H and O–H groups in total. The Morgan fingerprint density at radius 1 is 1.50 bits per heavy atom. The highest BCUT2D eigenvalue weighted by Crippen LogP contribution is 2.27. The molecule has 2 heterocycles. The summed E-state index contributed by atoms with van der Waals surface area (Å²) >= 11 is 15.1. The van der Waals surface area contributed by atoms with Gasteiger partial charge in [0, 0.05) is 18.8 Å². The minimum atomic E-state index is -0.502. The Bertz CT molecular complexity index is 675. The molecule has 2 rings (SSSR count). The third kappa shape index (κ3) is 3.05. The molecule has 0 fully saturated rings. The number of hydrogen-bond acceptors (Lipinski definition) is 4. The summed E-state index contributed by atoms with van der Waals surface area (Å²) in [6, 6.07) is 3.14. The Labute approximate surface area is 133 Å². The van der Waals surface area contributed by atoms with Crippen LogP contribution in [0.15, 0.2) is 22.8 Å². The summed E-state index contributed by atoms with van der Waals surface area (Å²) in [7, 11) is 1.80. The minimum absolute atomic E-state index is 0.0765. The number of anilines is 1. The van der Waals surface area contributed by atoms with Gasteiger partial charge in [0.15, 0.2) is 0 Å². The highest BCUT2D eigenvalue weighted by molar-refractivity contribution is 9.10. The summed E-state index contributed by atoms with van der Waals surface area (Å²) in [5.74, 6) is 0.504. The van der Waals surface area contributed by atoms with Crippen molar-refractivity contribution in [2.45, 2.75) is 6.54 Å². The first kappa shape index (κ1) is 15.1. The second-order valence-corrected chi connectivity index (χ2v) is 5.59. The molecule has 0 aliphatic heterocycles. The monoisotopic (exact) mass is 378 g/mol. The lowest BCUT2D eigenvalue weighted by atomic mass is 10.4. The number of hydrogen-bond donors (Lipinski definition) is 1. The van der Waals surface area contributed by atoms with Crippen molar-refractivity contribution in [3.05, 3.63) is 48.8 Å². The van der Waals surface area contributed by atoms with E-state index in [2.05, 4.69) is 26.2 Å². The van der Waals surface area contributed by atoms with Gasteiger partial charge in [-0.05, 0) is 22.0 Å². The average molecular weight is 380 g/mol. The second kappa shape index (κ2) is 5.99. The fourth-order valence-corrected chi connectivity index (χ4v) is 2.48. The predicted octanol–water partition coefficient (Wildman–Crippen LogP) is 4.01. The summed E-state index contributed by atoms with van der Waals surface area (Å²) in [5, 5.41) is 14.6. The SMILES string of the molecule is Cn1c(CNc2ncc([N+](=O)[O-])cc2Br)cc(Cl)c1Cl. The van der Waals surface area contributed by atoms with Crippen molar-refractivity contribution in [2.75, 3.05) is 5.32 Å². The normalized spacial score (nSPS) is 10.6. The van der Waals surface area contributed by atoms with Gasteiger partial charge < -0.3 is 9.88 Å². The zero-order valence-corrected chi connectivity index (χ0v) is 13.3. The van der Waals surface area contributed by atoms with Gasteiger partial charge in [0.2, 0.25) is 0 Å². The van der Waals surface area contributed by atoms with Crippen molar-refractivity contribution in [2.24, 2.45) is 7.05 Å². The van der Waals surface area contributed by atoms with Gasteiger partial charge in [-0.1, -0.05) is 23.2 Å². The number of rotatable bonds is 4. The molecule has 0 unspecified atom stereocenters. The number of nitrogens with one attached hydrogen (secondary N) is 1. The number of halogens is 3. The smallest absolute Gasteiger partial charge is 0.288 e. The molecule has 0 radical (unpaired) electrons. The van der Waals surface area contributed by atoms with Gasteiger partial charge in [0.25, 0.3) is 5.69 Å². The maximum absolute atomic E-state index is 10.6. The molecule has 2 aromatic heterocycles. The molecule has 2 aromatic rings. The van der Waals surface area contributed by atoms with Gasteiger partial charge in [0.1, 0.15) is 17.2 Å². The first-order valence-corrected chi connectivity index (χ1v) is 6.98. The number of nitrogens with zero attached hydrogens (tertiary/aromatic N) is 3. The Hall–Kier alpha value is -1.31. The molecule has 0 bridgehead atoms. The highest BCUT2D eigenvalue weighted by atomic mass is 79.9. The third-order valence-corrected chi connectivity index (χ3v) is 4.14. The van der Waals surface area contributed by atoms with Crippen molar-refractivity contribution in [3.63, 3.8) is 0 Å². The molecule has 6 nitrogen and oxygen atoms in total. The van der Waals surface area contributed by atoms with Crippen molar-refractivity contribution in [1.82, 2.24) is 9.55 Å². The van der Waals surface area contributed by atoms with Crippen LogP contribution in [0.5, 0.6) is 0 Å². The Morgan fingerprint density at radius 3 is 2.70 bits per heavy atom. The summed E-state index contributed by atoms with van der Waals surface area (Å²) in [6.07, 6.45) is 1.19. The van der Waals surface area contributed by atoms with Gasteiger partial charge in [-0.15, -0.1) is 0 Å². The van der Waals surface area contributed by atoms with Crippen molar-refractivity contribution in [3.8, 4) is 0 Å². The summed E-state index contributed by atoms with van der Waals surface area (Å²) in [5.41, 5.74) is 0.791. The maximum atomic E-state index is 10.6. The molecule has 0 aliphatic rings. The maximum Gasteiger partial charge on any atom is 0.288 e. The number of nitro groups is 1. The predicted molar refractivity (Wildman–Crippen MR) is 81.4 cm³/mol. The summed E-state index contributed by atoms with van der Waals surface area (Å²) in [4.78, 5) is 14.1. The first-order chi connectivity index (χ1) is 9.40. The van der Waals surface area contributed by atoms with E-state index >= 15 is 0 Å². The van der Waals surface area contributed by atoms with E-state index in [1.807, 2.05) is 0 Å². The Balaban J connectivity index is 2.15. The molecular weight excluding hydrogens is 371 g/mol. The van der Waals surface area contributed by atoms with Crippen molar-refractivity contribution in [1.29, 1.82) is 0 Å². The standard InChI is InChI=1S/C11H9BrCl2N4O2/c1-17-6(3-9(13)10(17)14)4-15-11-8(12)2-7(5-16-11)18(19)20/h2-3,5H,4H2,1H3,(H,15,16). The van der Waals surface area contributed by atoms with Crippen molar-refractivity contribution >= 4 is 50.6 Å². The number of aromatic nitrogens is 2. The molecule has 0 aliphatic carbocycles. The van der Waals surface area contributed by atoms with Crippen LogP contribution < -0.4 is 5.32 Å². The lowest BCUT2D eigenvalue weighted by Gasteiger charge is -2.08. The van der Waals surface area contributed by atoms with Gasteiger partial charge in [-0.25, -0.2) is 4.98 Å². The van der Waals surface area contributed by atoms with Crippen LogP contribution in [0.1, 0.15) is 5.69 Å². The average Bonchev–Trinajstić information content (AvgIpc) is 2.64. The van der Waals surface area contributed by atoms with Gasteiger partial charge >= 0.3 is 0 Å². The Kier molecular flexibility index (Phi) is 4.52. The van der Waals surface area contributed by atoms with Crippen molar-refractivity contribution < 1.29 is 4.92 Å². The molecule has 106 valence electrons. The van der Waals surface area contributed by atoms with Crippen LogP contribution in [0.4, 0.5) is 11.5 Å². The molecule has 0 spiro atoms. The molecule has 0 saturated heterocycles. The van der Waals surface area contributed by atoms with Crippen LogP contribution in [0.25, 0.3) is 0 Å². The Morgan fingerprint density at radius 2 is 2.20 bits per heavy atom. The molecule has 0 atom stereocenters. The van der Waals surface area contributed by atoms with E-state index in [0.717, 1.165) is 5.69 Å². The van der Waals surface area contributed by atoms with E-state index in [4.69, 9.17) is 23.2 Å². The third-order valence-electron chi connectivity index (χ3n) is 2.69. The lowest BCUT2D eigenvalue weighted by molar-refractivity contribution is -0.385. The second-order valence-electron chi connectivity index (χ2n) is 3.97. The van der Waals surface area contributed by atoms with Crippen LogP contribution in [-0.4, -0.2) is 14.5 Å². The molecule has 0 saturated carbocycles. The molecule has 0 aromatic carbocycles. The van der Waals surface area contributed by atoms with E-state index in [1.54, 1.807) is 17.7 Å². The minimum Gasteiger partial charge on any atom is -0.364 e. The van der Waals surface area contributed by atoms with Crippen LogP contribution in [0.3, 0.4) is 0 Å². The molecule has 20 heavy (non-hydrogen) atoms. The van der Waals surface area contributed by atoms with E-state index in [-0.39, 0.29) is 5.69 Å². The quantitative estimate of drug-likeness (QED) is 0.643. The molecule has 0 amide bonds. The van der Waals surface area contributed by atoms with Gasteiger partial charge in [0.05, 0.1) is 21.0 Å². The largest absolute Gasteiger partial charge is 0.364 e. The summed E-state index contributed by atoms with van der Waals surface area (Å²) < 4.78 is 2.26. The fraction of sp³-hybridized carbons (Fsp3) is 0.182. The van der Waals surface area contributed by atoms with E-state index in [9.17, 15) is 10.1 Å². The number of pyridine rings is 1. The molecule has 9 heteroatoms. The van der Waals surface area contributed by atoms with Crippen LogP contribution >= 0.6 is 39.1 Å². The zero-order chi connectivity index (χ0) is 14.9. The van der Waals surface area contributed by atoms with Crippen LogP contribution in [0.2, 0.25) is 10.2 Å². The van der Waals surface area contributed by atoms with Gasteiger partial charge in [-0.3, -0.25) is 10.1 Å². The fourth-order valence-electron chi connectivity index (χ4n) is 1.59. The van der Waals surface area contributed by atoms with Crippen LogP contribution in [-0.2, 0) is 13.6 Å². The topological polar surface area (TPSA) is 73.0 Å². The van der Waals surface area contributed by atoms with Crippen LogP contribution in [0, 0.1) is 10.1 Å². The van der Waals surface area contributed by atoms with Gasteiger partial charge in [-0.2, -0.15) is 0 Å². The zero-order valence-electron chi connectivity index (χ0n) is 10.2. The first-order valence-electron chi connectivity index (χ1n) is 5.43. The van der Waals surface area contributed by atoms with E-state index in [0.29, 0.717) is 27.0 Å². The lowest BCUT2D eigenvalue weighted by Crippen LogP contribution is -2.06. The summed E-state index contributed by atoms with van der Waals surface area (Å²) in [6.45, 7) is 0.437.